The number of thiophene rings is 1. The van der Waals surface area contributed by atoms with Gasteiger partial charge in [0.1, 0.15) is 5.57 Å². The zero-order chi connectivity index (χ0) is 17.1. The lowest BCUT2D eigenvalue weighted by atomic mass is 10.1. The number of nitrogens with zero attached hydrogens (tertiary/aromatic N) is 1. The molecule has 1 aliphatic heterocycles. The molecule has 4 nitrogen and oxygen atoms in total. The molecule has 0 atom stereocenters. The molecule has 6 heteroatoms. The summed E-state index contributed by atoms with van der Waals surface area (Å²) in [5, 5.41) is 4.66. The van der Waals surface area contributed by atoms with Gasteiger partial charge in [-0.1, -0.05) is 36.4 Å². The topological polar surface area (TPSA) is 49.4 Å². The van der Waals surface area contributed by atoms with Crippen LogP contribution in [0.5, 0.6) is 0 Å². The summed E-state index contributed by atoms with van der Waals surface area (Å²) in [6.45, 7) is 3.86. The standard InChI is InChI=1S/C18H14N2O2S2/c1-2-9-20-17(22)14(16(21)19-18(20)23)11-12-5-7-13(8-6-12)15-4-3-10-24-15/h2-8,10-11H,1,9H2,(H,19,21,23). The van der Waals surface area contributed by atoms with Gasteiger partial charge >= 0.3 is 0 Å². The summed E-state index contributed by atoms with van der Waals surface area (Å²) in [5.74, 6) is -0.890. The molecule has 0 radical (unpaired) electrons. The Balaban J connectivity index is 1.89. The van der Waals surface area contributed by atoms with Gasteiger partial charge in [-0.2, -0.15) is 0 Å². The molecule has 0 spiro atoms. The second-order valence-electron chi connectivity index (χ2n) is 5.12. The van der Waals surface area contributed by atoms with Gasteiger partial charge in [0.25, 0.3) is 11.8 Å². The summed E-state index contributed by atoms with van der Waals surface area (Å²) in [6, 6.07) is 11.7. The number of amides is 2. The third-order valence-electron chi connectivity index (χ3n) is 3.52. The van der Waals surface area contributed by atoms with Crippen molar-refractivity contribution in [2.75, 3.05) is 6.54 Å². The van der Waals surface area contributed by atoms with Crippen molar-refractivity contribution in [3.05, 3.63) is 65.6 Å². The first-order valence-corrected chi connectivity index (χ1v) is 8.52. The van der Waals surface area contributed by atoms with E-state index in [0.717, 1.165) is 11.1 Å². The van der Waals surface area contributed by atoms with Crippen molar-refractivity contribution in [3.8, 4) is 10.4 Å². The summed E-state index contributed by atoms with van der Waals surface area (Å²) < 4.78 is 0. The van der Waals surface area contributed by atoms with Crippen LogP contribution in [0.3, 0.4) is 0 Å². The Labute approximate surface area is 149 Å². The largest absolute Gasteiger partial charge is 0.298 e. The Kier molecular flexibility index (Phi) is 4.69. The molecule has 120 valence electrons. The first-order chi connectivity index (χ1) is 11.6. The maximum absolute atomic E-state index is 12.5. The van der Waals surface area contributed by atoms with Gasteiger partial charge in [0.2, 0.25) is 0 Å². The molecule has 3 rings (SSSR count). The van der Waals surface area contributed by atoms with Crippen LogP contribution in [0.15, 0.2) is 60.0 Å². The van der Waals surface area contributed by atoms with Crippen LogP contribution in [-0.2, 0) is 9.59 Å². The molecule has 0 saturated carbocycles. The fourth-order valence-corrected chi connectivity index (χ4v) is 3.33. The van der Waals surface area contributed by atoms with E-state index in [2.05, 4.69) is 11.9 Å². The second kappa shape index (κ2) is 6.90. The lowest BCUT2D eigenvalue weighted by Crippen LogP contribution is -2.53. The summed E-state index contributed by atoms with van der Waals surface area (Å²) in [5.41, 5.74) is 1.94. The van der Waals surface area contributed by atoms with Crippen molar-refractivity contribution in [2.45, 2.75) is 0 Å². The summed E-state index contributed by atoms with van der Waals surface area (Å²) in [7, 11) is 0. The maximum atomic E-state index is 12.5. The van der Waals surface area contributed by atoms with Crippen molar-refractivity contribution in [1.29, 1.82) is 0 Å². The van der Waals surface area contributed by atoms with Crippen LogP contribution < -0.4 is 5.32 Å². The van der Waals surface area contributed by atoms with E-state index in [0.29, 0.717) is 0 Å². The van der Waals surface area contributed by atoms with Crippen molar-refractivity contribution in [1.82, 2.24) is 10.2 Å². The molecule has 2 heterocycles. The van der Waals surface area contributed by atoms with Gasteiger partial charge < -0.3 is 0 Å². The van der Waals surface area contributed by atoms with Crippen LogP contribution >= 0.6 is 23.6 Å². The summed E-state index contributed by atoms with van der Waals surface area (Å²) in [4.78, 5) is 27.0. The Morgan fingerprint density at radius 3 is 2.58 bits per heavy atom. The SMILES string of the molecule is C=CCN1C(=O)C(=Cc2ccc(-c3cccs3)cc2)C(=O)NC1=S. The minimum absolute atomic E-state index is 0.0642. The Bertz CT molecular complexity index is 836. The Morgan fingerprint density at radius 1 is 1.21 bits per heavy atom. The molecule has 1 aromatic carbocycles. The number of benzene rings is 1. The molecule has 0 unspecified atom stereocenters. The smallest absolute Gasteiger partial charge is 0.265 e. The molecule has 1 saturated heterocycles. The van der Waals surface area contributed by atoms with Crippen LogP contribution in [0.2, 0.25) is 0 Å². The van der Waals surface area contributed by atoms with Crippen molar-refractivity contribution in [3.63, 3.8) is 0 Å². The number of rotatable bonds is 4. The van der Waals surface area contributed by atoms with Gasteiger partial charge in [-0.15, -0.1) is 17.9 Å². The molecule has 1 N–H and O–H groups in total. The van der Waals surface area contributed by atoms with E-state index in [4.69, 9.17) is 12.2 Å². The van der Waals surface area contributed by atoms with E-state index in [1.54, 1.807) is 23.5 Å². The average Bonchev–Trinajstić information content (AvgIpc) is 3.10. The first-order valence-electron chi connectivity index (χ1n) is 7.24. The zero-order valence-corrected chi connectivity index (χ0v) is 14.3. The fourth-order valence-electron chi connectivity index (χ4n) is 2.34. The lowest BCUT2D eigenvalue weighted by molar-refractivity contribution is -0.128. The van der Waals surface area contributed by atoms with Crippen LogP contribution in [0.25, 0.3) is 16.5 Å². The third kappa shape index (κ3) is 3.20. The van der Waals surface area contributed by atoms with Gasteiger partial charge in [-0.3, -0.25) is 19.8 Å². The zero-order valence-electron chi connectivity index (χ0n) is 12.7. The van der Waals surface area contributed by atoms with Crippen molar-refractivity contribution < 1.29 is 9.59 Å². The van der Waals surface area contributed by atoms with E-state index >= 15 is 0 Å². The van der Waals surface area contributed by atoms with Gasteiger partial charge in [0.05, 0.1) is 0 Å². The second-order valence-corrected chi connectivity index (χ2v) is 6.46. The number of carbonyl (C=O) groups excluding carboxylic acids is 2. The van der Waals surface area contributed by atoms with Gasteiger partial charge in [0.15, 0.2) is 5.11 Å². The molecule has 2 amide bonds. The molecule has 0 aliphatic carbocycles. The molecular weight excluding hydrogens is 340 g/mol. The average molecular weight is 354 g/mol. The van der Waals surface area contributed by atoms with E-state index in [9.17, 15) is 9.59 Å². The number of carbonyl (C=O) groups is 2. The third-order valence-corrected chi connectivity index (χ3v) is 4.77. The molecule has 1 aromatic heterocycles. The molecule has 2 aromatic rings. The summed E-state index contributed by atoms with van der Waals surface area (Å²) >= 11 is 6.69. The maximum Gasteiger partial charge on any atom is 0.265 e. The first kappa shape index (κ1) is 16.3. The van der Waals surface area contributed by atoms with Crippen LogP contribution in [0.1, 0.15) is 5.56 Å². The van der Waals surface area contributed by atoms with Crippen LogP contribution in [-0.4, -0.2) is 28.4 Å². The van der Waals surface area contributed by atoms with Crippen LogP contribution in [0, 0.1) is 0 Å². The highest BCUT2D eigenvalue weighted by Crippen LogP contribution is 2.25. The Hall–Kier alpha value is -2.57. The van der Waals surface area contributed by atoms with E-state index in [-0.39, 0.29) is 17.2 Å². The van der Waals surface area contributed by atoms with Crippen molar-refractivity contribution >= 4 is 46.6 Å². The number of thiocarbonyl (C=S) groups is 1. The molecular formula is C18H14N2O2S2. The van der Waals surface area contributed by atoms with Gasteiger partial charge in [-0.25, -0.2) is 0 Å². The number of hydrogen-bond donors (Lipinski definition) is 1. The minimum Gasteiger partial charge on any atom is -0.298 e. The minimum atomic E-state index is -0.479. The highest BCUT2D eigenvalue weighted by atomic mass is 32.1. The lowest BCUT2D eigenvalue weighted by Gasteiger charge is -2.27. The number of hydrogen-bond acceptors (Lipinski definition) is 4. The molecule has 0 bridgehead atoms. The predicted molar refractivity (Wildman–Crippen MR) is 100 cm³/mol. The van der Waals surface area contributed by atoms with E-state index < -0.39 is 11.8 Å². The fraction of sp³-hybridized carbons (Fsp3) is 0.0556. The summed E-state index contributed by atoms with van der Waals surface area (Å²) in [6.07, 6.45) is 3.14. The highest BCUT2D eigenvalue weighted by molar-refractivity contribution is 7.80. The molecule has 1 fully saturated rings. The monoisotopic (exact) mass is 354 g/mol. The predicted octanol–water partition coefficient (Wildman–Crippen LogP) is 3.23. The molecule has 1 aliphatic rings. The quantitative estimate of drug-likeness (QED) is 0.397. The van der Waals surface area contributed by atoms with Gasteiger partial charge in [-0.05, 0) is 40.9 Å². The molecule has 24 heavy (non-hydrogen) atoms. The van der Waals surface area contributed by atoms with E-state index in [1.165, 1.54) is 9.78 Å². The number of nitrogens with one attached hydrogen (secondary N) is 1. The van der Waals surface area contributed by atoms with Crippen LogP contribution in [0.4, 0.5) is 0 Å². The Morgan fingerprint density at radius 2 is 1.96 bits per heavy atom. The normalized spacial score (nSPS) is 16.4. The van der Waals surface area contributed by atoms with Gasteiger partial charge in [0, 0.05) is 11.4 Å². The van der Waals surface area contributed by atoms with Crippen molar-refractivity contribution in [2.24, 2.45) is 0 Å². The highest BCUT2D eigenvalue weighted by Gasteiger charge is 2.32. The van der Waals surface area contributed by atoms with E-state index in [1.807, 2.05) is 41.8 Å².